The molecule has 0 atom stereocenters. The molecule has 0 bridgehead atoms. The standard InChI is InChI=1S/C19H19ClN2.C2H4O2/c20-16-5-6-17-15(12-16)4-3-14-2-1-9-22-19(14)18(17)13-7-10-21-11-8-13;1-2(3)4/h1-2,5-6,9,12,21H,3-4,7-8,10-11H2;1H3,(H,3,4)/p-1. The molecular weight excluding hydrogens is 348 g/mol. The van der Waals surface area contributed by atoms with Crippen molar-refractivity contribution >= 4 is 23.1 Å². The van der Waals surface area contributed by atoms with Crippen LogP contribution in [0.1, 0.15) is 42.1 Å². The Labute approximate surface area is 158 Å². The Morgan fingerprint density at radius 1 is 1.12 bits per heavy atom. The SMILES string of the molecule is CC(=O)[O-].Clc1ccc2c(c1)CCc1cccnc1C2=C1CCNCC1. The Bertz CT molecular complexity index is 834. The van der Waals surface area contributed by atoms with Crippen LogP contribution < -0.4 is 10.4 Å². The van der Waals surface area contributed by atoms with Gasteiger partial charge in [0.25, 0.3) is 0 Å². The van der Waals surface area contributed by atoms with Crippen LogP contribution in [0.3, 0.4) is 0 Å². The van der Waals surface area contributed by atoms with E-state index in [0.29, 0.717) is 0 Å². The number of carboxylic acids is 1. The molecule has 0 unspecified atom stereocenters. The van der Waals surface area contributed by atoms with E-state index in [1.807, 2.05) is 18.3 Å². The van der Waals surface area contributed by atoms with Crippen molar-refractivity contribution in [3.05, 3.63) is 69.5 Å². The summed E-state index contributed by atoms with van der Waals surface area (Å²) in [4.78, 5) is 13.6. The molecule has 2 aliphatic rings. The molecule has 5 heteroatoms. The molecule has 4 rings (SSSR count). The predicted octanol–water partition coefficient (Wildman–Crippen LogP) is 2.78. The second-order valence-electron chi connectivity index (χ2n) is 6.53. The number of halogens is 1. The molecule has 1 saturated heterocycles. The Balaban J connectivity index is 0.000000447. The number of hydrogen-bond acceptors (Lipinski definition) is 4. The number of carbonyl (C=O) groups excluding carboxylic acids is 1. The van der Waals surface area contributed by atoms with Crippen LogP contribution in [0.5, 0.6) is 0 Å². The number of nitrogens with zero attached hydrogens (tertiary/aromatic N) is 1. The van der Waals surface area contributed by atoms with Crippen molar-refractivity contribution in [1.29, 1.82) is 0 Å². The smallest absolute Gasteiger partial charge is 0.0739 e. The molecule has 0 saturated carbocycles. The number of rotatable bonds is 0. The van der Waals surface area contributed by atoms with E-state index in [4.69, 9.17) is 26.5 Å². The minimum atomic E-state index is -1.08. The van der Waals surface area contributed by atoms with Gasteiger partial charge in [-0.25, -0.2) is 0 Å². The van der Waals surface area contributed by atoms with Crippen LogP contribution in [-0.4, -0.2) is 24.0 Å². The van der Waals surface area contributed by atoms with Gasteiger partial charge in [-0.1, -0.05) is 29.3 Å². The number of hydrogen-bond donors (Lipinski definition) is 1. The van der Waals surface area contributed by atoms with Crippen LogP contribution in [0.15, 0.2) is 42.1 Å². The van der Waals surface area contributed by atoms with Crippen molar-refractivity contribution in [1.82, 2.24) is 10.3 Å². The third kappa shape index (κ3) is 4.32. The number of aryl methyl sites for hydroxylation is 2. The minimum absolute atomic E-state index is 0.826. The summed E-state index contributed by atoms with van der Waals surface area (Å²) in [5.41, 5.74) is 8.12. The molecule has 2 aromatic rings. The fraction of sp³-hybridized carbons (Fsp3) is 0.333. The van der Waals surface area contributed by atoms with Crippen molar-refractivity contribution in [2.75, 3.05) is 13.1 Å². The zero-order chi connectivity index (χ0) is 18.5. The number of piperidine rings is 1. The molecule has 1 aliphatic heterocycles. The second-order valence-corrected chi connectivity index (χ2v) is 6.97. The van der Waals surface area contributed by atoms with Crippen molar-refractivity contribution in [3.8, 4) is 0 Å². The summed E-state index contributed by atoms with van der Waals surface area (Å²) < 4.78 is 0. The first kappa shape index (κ1) is 18.6. The molecule has 1 N–H and O–H groups in total. The van der Waals surface area contributed by atoms with Crippen molar-refractivity contribution < 1.29 is 9.90 Å². The first-order chi connectivity index (χ1) is 12.6. The van der Waals surface area contributed by atoms with Crippen molar-refractivity contribution in [3.63, 3.8) is 0 Å². The number of fused-ring (bicyclic) bond motifs is 2. The van der Waals surface area contributed by atoms with E-state index in [-0.39, 0.29) is 0 Å². The van der Waals surface area contributed by atoms with Gasteiger partial charge in [0.05, 0.1) is 5.69 Å². The van der Waals surface area contributed by atoms with Gasteiger partial charge < -0.3 is 15.2 Å². The largest absolute Gasteiger partial charge is 0.550 e. The van der Waals surface area contributed by atoms with Gasteiger partial charge in [-0.15, -0.1) is 0 Å². The summed E-state index contributed by atoms with van der Waals surface area (Å²) in [6.07, 6.45) is 6.19. The predicted molar refractivity (Wildman–Crippen MR) is 102 cm³/mol. The second kappa shape index (κ2) is 8.47. The fourth-order valence-corrected chi connectivity index (χ4v) is 3.81. The Hall–Kier alpha value is -2.17. The highest BCUT2D eigenvalue weighted by Crippen LogP contribution is 2.37. The molecule has 0 radical (unpaired) electrons. The van der Waals surface area contributed by atoms with Crippen molar-refractivity contribution in [2.45, 2.75) is 32.6 Å². The molecular formula is C21H22ClN2O2-. The maximum Gasteiger partial charge on any atom is 0.0739 e. The molecule has 26 heavy (non-hydrogen) atoms. The average molecular weight is 370 g/mol. The number of carboxylic acid groups (broad SMARTS) is 1. The fourth-order valence-electron chi connectivity index (χ4n) is 3.61. The van der Waals surface area contributed by atoms with Crippen molar-refractivity contribution in [2.24, 2.45) is 0 Å². The van der Waals surface area contributed by atoms with Gasteiger partial charge >= 0.3 is 0 Å². The van der Waals surface area contributed by atoms with Crippen LogP contribution >= 0.6 is 11.6 Å². The summed E-state index contributed by atoms with van der Waals surface area (Å²) in [5.74, 6) is -1.08. The first-order valence-corrected chi connectivity index (χ1v) is 9.27. The summed E-state index contributed by atoms with van der Waals surface area (Å²) >= 11 is 6.23. The van der Waals surface area contributed by atoms with Crippen LogP contribution in [0.4, 0.5) is 0 Å². The normalized spacial score (nSPS) is 15.9. The number of aromatic nitrogens is 1. The van der Waals surface area contributed by atoms with Gasteiger partial charge in [0.2, 0.25) is 0 Å². The van der Waals surface area contributed by atoms with Gasteiger partial charge in [-0.3, -0.25) is 4.98 Å². The maximum absolute atomic E-state index is 8.89. The van der Waals surface area contributed by atoms with E-state index in [0.717, 1.165) is 50.7 Å². The highest BCUT2D eigenvalue weighted by molar-refractivity contribution is 6.30. The Morgan fingerprint density at radius 2 is 1.81 bits per heavy atom. The van der Waals surface area contributed by atoms with Crippen LogP contribution in [0.2, 0.25) is 5.02 Å². The molecule has 1 aromatic heterocycles. The summed E-state index contributed by atoms with van der Waals surface area (Å²) in [6.45, 7) is 3.09. The van der Waals surface area contributed by atoms with E-state index >= 15 is 0 Å². The van der Waals surface area contributed by atoms with E-state index in [1.165, 1.54) is 33.5 Å². The van der Waals surface area contributed by atoms with Gasteiger partial charge in [0.1, 0.15) is 0 Å². The van der Waals surface area contributed by atoms with Gasteiger partial charge in [-0.05, 0) is 80.6 Å². The van der Waals surface area contributed by atoms with E-state index in [9.17, 15) is 0 Å². The number of aliphatic carboxylic acids is 1. The Kier molecular flexibility index (Phi) is 6.07. The number of pyridine rings is 1. The lowest BCUT2D eigenvalue weighted by molar-refractivity contribution is -0.302. The van der Waals surface area contributed by atoms with E-state index in [2.05, 4.69) is 23.5 Å². The molecule has 2 heterocycles. The Morgan fingerprint density at radius 3 is 2.54 bits per heavy atom. The first-order valence-electron chi connectivity index (χ1n) is 8.89. The quantitative estimate of drug-likeness (QED) is 0.775. The average Bonchev–Trinajstić information content (AvgIpc) is 2.78. The van der Waals surface area contributed by atoms with Gasteiger partial charge in [0, 0.05) is 22.8 Å². The third-order valence-corrected chi connectivity index (χ3v) is 4.92. The van der Waals surface area contributed by atoms with Crippen LogP contribution in [0, 0.1) is 0 Å². The topological polar surface area (TPSA) is 65.0 Å². The third-order valence-electron chi connectivity index (χ3n) is 4.69. The lowest BCUT2D eigenvalue weighted by Crippen LogP contribution is -2.24. The summed E-state index contributed by atoms with van der Waals surface area (Å²) in [5, 5.41) is 13.2. The molecule has 1 fully saturated rings. The van der Waals surface area contributed by atoms with Crippen LogP contribution in [0.25, 0.3) is 5.57 Å². The molecule has 1 aromatic carbocycles. The monoisotopic (exact) mass is 369 g/mol. The zero-order valence-corrected chi connectivity index (χ0v) is 15.6. The molecule has 4 nitrogen and oxygen atoms in total. The molecule has 136 valence electrons. The van der Waals surface area contributed by atoms with E-state index in [1.54, 1.807) is 0 Å². The maximum atomic E-state index is 8.89. The number of nitrogens with one attached hydrogen (secondary N) is 1. The highest BCUT2D eigenvalue weighted by Gasteiger charge is 2.23. The van der Waals surface area contributed by atoms with E-state index < -0.39 is 5.97 Å². The molecule has 1 aliphatic carbocycles. The van der Waals surface area contributed by atoms with Gasteiger partial charge in [-0.2, -0.15) is 0 Å². The molecule has 0 amide bonds. The highest BCUT2D eigenvalue weighted by atomic mass is 35.5. The lowest BCUT2D eigenvalue weighted by Gasteiger charge is -2.21. The number of carbonyl (C=O) groups is 1. The number of benzene rings is 1. The van der Waals surface area contributed by atoms with Gasteiger partial charge in [0.15, 0.2) is 0 Å². The molecule has 0 spiro atoms. The lowest BCUT2D eigenvalue weighted by atomic mass is 9.89. The van der Waals surface area contributed by atoms with Crippen LogP contribution in [-0.2, 0) is 17.6 Å². The zero-order valence-electron chi connectivity index (χ0n) is 14.8. The summed E-state index contributed by atoms with van der Waals surface area (Å²) in [6, 6.07) is 10.6. The summed E-state index contributed by atoms with van der Waals surface area (Å²) in [7, 11) is 0. The minimum Gasteiger partial charge on any atom is -0.550 e.